The molecular formula is C11H17N3O. The first kappa shape index (κ1) is 11.5. The molecule has 1 unspecified atom stereocenters. The van der Waals surface area contributed by atoms with Gasteiger partial charge in [0.15, 0.2) is 0 Å². The van der Waals surface area contributed by atoms with Crippen LogP contribution in [0.4, 0.5) is 5.69 Å². The zero-order chi connectivity index (χ0) is 11.4. The second-order valence-electron chi connectivity index (χ2n) is 3.62. The third-order valence-corrected chi connectivity index (χ3v) is 2.35. The maximum atomic E-state index is 11.1. The molecule has 4 heteroatoms. The lowest BCUT2D eigenvalue weighted by Crippen LogP contribution is -2.26. The van der Waals surface area contributed by atoms with Gasteiger partial charge in [0.05, 0.1) is 0 Å². The van der Waals surface area contributed by atoms with E-state index in [9.17, 15) is 4.79 Å². The van der Waals surface area contributed by atoms with Gasteiger partial charge in [0.25, 0.3) is 0 Å². The smallest absolute Gasteiger partial charge is 0.249 e. The number of anilines is 1. The van der Waals surface area contributed by atoms with E-state index in [4.69, 9.17) is 11.5 Å². The second-order valence-corrected chi connectivity index (χ2v) is 3.62. The molecule has 1 rings (SSSR count). The number of nitrogens with one attached hydrogen (secondary N) is 1. The maximum Gasteiger partial charge on any atom is 0.249 e. The molecule has 15 heavy (non-hydrogen) atoms. The molecule has 0 aliphatic heterocycles. The lowest BCUT2D eigenvalue weighted by Gasteiger charge is -2.16. The Bertz CT molecular complexity index is 363. The van der Waals surface area contributed by atoms with E-state index >= 15 is 0 Å². The van der Waals surface area contributed by atoms with Gasteiger partial charge in [0.1, 0.15) is 0 Å². The van der Waals surface area contributed by atoms with Gasteiger partial charge in [-0.3, -0.25) is 4.79 Å². The third kappa shape index (κ3) is 2.70. The van der Waals surface area contributed by atoms with Gasteiger partial charge in [0.2, 0.25) is 5.91 Å². The number of hydrogen-bond donors (Lipinski definition) is 3. The van der Waals surface area contributed by atoms with Gasteiger partial charge in [-0.25, -0.2) is 0 Å². The van der Waals surface area contributed by atoms with Crippen molar-refractivity contribution in [1.29, 1.82) is 0 Å². The molecule has 0 spiro atoms. The van der Waals surface area contributed by atoms with Crippen molar-refractivity contribution < 1.29 is 4.79 Å². The summed E-state index contributed by atoms with van der Waals surface area (Å²) in [6.07, 6.45) is 0. The highest BCUT2D eigenvalue weighted by Gasteiger charge is 2.09. The van der Waals surface area contributed by atoms with Crippen LogP contribution in [0, 0.1) is 6.92 Å². The molecule has 0 bridgehead atoms. The zero-order valence-corrected chi connectivity index (χ0v) is 9.08. The normalized spacial score (nSPS) is 12.2. The highest BCUT2D eigenvalue weighted by atomic mass is 16.1. The van der Waals surface area contributed by atoms with Gasteiger partial charge in [-0.1, -0.05) is 6.07 Å². The predicted molar refractivity (Wildman–Crippen MR) is 61.8 cm³/mol. The summed E-state index contributed by atoms with van der Waals surface area (Å²) in [5.74, 6) is -0.406. The molecule has 4 nitrogen and oxygen atoms in total. The highest BCUT2D eigenvalue weighted by Crippen LogP contribution is 2.19. The second kappa shape index (κ2) is 4.79. The van der Waals surface area contributed by atoms with E-state index < -0.39 is 5.91 Å². The number of hydrogen-bond acceptors (Lipinski definition) is 3. The Hall–Kier alpha value is -1.55. The topological polar surface area (TPSA) is 81.1 Å². The van der Waals surface area contributed by atoms with E-state index in [1.807, 2.05) is 19.9 Å². The van der Waals surface area contributed by atoms with Crippen LogP contribution in [-0.2, 0) is 0 Å². The first-order valence-electron chi connectivity index (χ1n) is 4.92. The highest BCUT2D eigenvalue weighted by molar-refractivity contribution is 5.95. The van der Waals surface area contributed by atoms with Gasteiger partial charge in [-0.2, -0.15) is 0 Å². The maximum absolute atomic E-state index is 11.1. The van der Waals surface area contributed by atoms with Crippen molar-refractivity contribution in [2.24, 2.45) is 11.5 Å². The fraction of sp³-hybridized carbons (Fsp3) is 0.364. The minimum Gasteiger partial charge on any atom is -0.381 e. The van der Waals surface area contributed by atoms with Gasteiger partial charge in [-0.15, -0.1) is 0 Å². The van der Waals surface area contributed by atoms with Crippen molar-refractivity contribution in [3.63, 3.8) is 0 Å². The monoisotopic (exact) mass is 207 g/mol. The predicted octanol–water partition coefficient (Wildman–Crippen LogP) is 0.853. The molecule has 0 radical (unpaired) electrons. The third-order valence-electron chi connectivity index (χ3n) is 2.35. The number of carbonyl (C=O) groups excluding carboxylic acids is 1. The van der Waals surface area contributed by atoms with Gasteiger partial charge in [-0.05, 0) is 31.5 Å². The van der Waals surface area contributed by atoms with E-state index in [0.29, 0.717) is 12.1 Å². The van der Waals surface area contributed by atoms with Crippen molar-refractivity contribution in [2.45, 2.75) is 19.9 Å². The van der Waals surface area contributed by atoms with Gasteiger partial charge >= 0.3 is 0 Å². The Morgan fingerprint density at radius 2 is 2.20 bits per heavy atom. The molecule has 5 N–H and O–H groups in total. The van der Waals surface area contributed by atoms with Crippen molar-refractivity contribution >= 4 is 11.6 Å². The minimum atomic E-state index is -0.406. The summed E-state index contributed by atoms with van der Waals surface area (Å²) in [5, 5.41) is 3.22. The SMILES string of the molecule is Cc1c(NC(C)CN)cccc1C(N)=O. The van der Waals surface area contributed by atoms with E-state index in [1.165, 1.54) is 0 Å². The largest absolute Gasteiger partial charge is 0.381 e. The molecular weight excluding hydrogens is 190 g/mol. The van der Waals surface area contributed by atoms with Crippen LogP contribution >= 0.6 is 0 Å². The number of nitrogens with two attached hydrogens (primary N) is 2. The minimum absolute atomic E-state index is 0.173. The van der Waals surface area contributed by atoms with Gasteiger partial charge in [0, 0.05) is 23.8 Å². The van der Waals surface area contributed by atoms with Crippen LogP contribution < -0.4 is 16.8 Å². The van der Waals surface area contributed by atoms with Crippen LogP contribution in [0.25, 0.3) is 0 Å². The van der Waals surface area contributed by atoms with Crippen molar-refractivity contribution in [3.8, 4) is 0 Å². The van der Waals surface area contributed by atoms with Crippen LogP contribution in [0.2, 0.25) is 0 Å². The van der Waals surface area contributed by atoms with Crippen LogP contribution in [0.15, 0.2) is 18.2 Å². The molecule has 1 atom stereocenters. The summed E-state index contributed by atoms with van der Waals surface area (Å²) < 4.78 is 0. The molecule has 1 amide bonds. The summed E-state index contributed by atoms with van der Waals surface area (Å²) in [5.41, 5.74) is 13.1. The molecule has 0 fully saturated rings. The first-order valence-corrected chi connectivity index (χ1v) is 4.92. The Balaban J connectivity index is 2.99. The molecule has 82 valence electrons. The first-order chi connectivity index (χ1) is 7.06. The van der Waals surface area contributed by atoms with E-state index in [-0.39, 0.29) is 6.04 Å². The van der Waals surface area contributed by atoms with Crippen molar-refractivity contribution in [3.05, 3.63) is 29.3 Å². The van der Waals surface area contributed by atoms with Gasteiger partial charge < -0.3 is 16.8 Å². The molecule has 0 aliphatic rings. The quantitative estimate of drug-likeness (QED) is 0.684. The average molecular weight is 207 g/mol. The molecule has 1 aromatic rings. The fourth-order valence-electron chi connectivity index (χ4n) is 1.38. The van der Waals surface area contributed by atoms with Crippen LogP contribution in [0.3, 0.4) is 0 Å². The van der Waals surface area contributed by atoms with Crippen LogP contribution in [0.5, 0.6) is 0 Å². The molecule has 0 heterocycles. The van der Waals surface area contributed by atoms with E-state index in [0.717, 1.165) is 11.3 Å². The Labute approximate surface area is 89.6 Å². The number of amides is 1. The van der Waals surface area contributed by atoms with Crippen molar-refractivity contribution in [2.75, 3.05) is 11.9 Å². The molecule has 1 aromatic carbocycles. The number of rotatable bonds is 4. The molecule has 0 aliphatic carbocycles. The average Bonchev–Trinajstić information content (AvgIpc) is 2.20. The summed E-state index contributed by atoms with van der Waals surface area (Å²) in [7, 11) is 0. The fourth-order valence-corrected chi connectivity index (χ4v) is 1.38. The Kier molecular flexibility index (Phi) is 3.68. The molecule has 0 aromatic heterocycles. The summed E-state index contributed by atoms with van der Waals surface area (Å²) in [4.78, 5) is 11.1. The lowest BCUT2D eigenvalue weighted by atomic mass is 10.1. The van der Waals surface area contributed by atoms with E-state index in [1.54, 1.807) is 12.1 Å². The summed E-state index contributed by atoms with van der Waals surface area (Å²) in [6, 6.07) is 5.61. The van der Waals surface area contributed by atoms with Crippen LogP contribution in [-0.4, -0.2) is 18.5 Å². The Morgan fingerprint density at radius 3 is 2.73 bits per heavy atom. The molecule has 0 saturated carbocycles. The summed E-state index contributed by atoms with van der Waals surface area (Å²) >= 11 is 0. The lowest BCUT2D eigenvalue weighted by molar-refractivity contribution is 0.1000. The Morgan fingerprint density at radius 1 is 1.53 bits per heavy atom. The van der Waals surface area contributed by atoms with E-state index in [2.05, 4.69) is 5.32 Å². The van der Waals surface area contributed by atoms with Crippen LogP contribution in [0.1, 0.15) is 22.8 Å². The van der Waals surface area contributed by atoms with Crippen molar-refractivity contribution in [1.82, 2.24) is 0 Å². The number of primary amides is 1. The zero-order valence-electron chi connectivity index (χ0n) is 9.08. The number of carbonyl (C=O) groups is 1. The number of benzene rings is 1. The summed E-state index contributed by atoms with van der Waals surface area (Å²) in [6.45, 7) is 4.39. The standard InChI is InChI=1S/C11H17N3O/c1-7(6-12)14-10-5-3-4-9(8(10)2)11(13)15/h3-5,7,14H,6,12H2,1-2H3,(H2,13,15). The molecule has 0 saturated heterocycles.